The van der Waals surface area contributed by atoms with Gasteiger partial charge in [-0.2, -0.15) is 0 Å². The number of hydrogen-bond donors (Lipinski definition) is 0. The Morgan fingerprint density at radius 1 is 0.500 bits per heavy atom. The predicted octanol–water partition coefficient (Wildman–Crippen LogP) is 7.74. The fourth-order valence-electron chi connectivity index (χ4n) is 3.40. The number of rotatable bonds is 6. The van der Waals surface area contributed by atoms with Crippen LogP contribution in [0.25, 0.3) is 0 Å². The molecule has 0 aliphatic rings. The molecule has 0 bridgehead atoms. The van der Waals surface area contributed by atoms with Crippen LogP contribution in [0.2, 0.25) is 0 Å². The molecule has 160 valence electrons. The number of hydrogen-bond acceptors (Lipinski definition) is 3. The molecule has 3 heteroatoms. The van der Waals surface area contributed by atoms with Gasteiger partial charge in [0.15, 0.2) is 5.78 Å². The molecule has 0 amide bonds. The summed E-state index contributed by atoms with van der Waals surface area (Å²) >= 11 is 0. The first-order valence-corrected chi connectivity index (χ1v) is 10.6. The molecule has 32 heavy (non-hydrogen) atoms. The number of carbonyl (C=O) groups excluding carboxylic acids is 1. The van der Waals surface area contributed by atoms with Crippen molar-refractivity contribution in [3.8, 4) is 23.0 Å². The summed E-state index contributed by atoms with van der Waals surface area (Å²) in [5.74, 6) is 2.67. The Bertz CT molecular complexity index is 1190. The summed E-state index contributed by atoms with van der Waals surface area (Å²) in [4.78, 5) is 13.1. The Labute approximate surface area is 189 Å². The molecule has 0 aliphatic heterocycles. The third-order valence-electron chi connectivity index (χ3n) is 5.62. The van der Waals surface area contributed by atoms with Gasteiger partial charge < -0.3 is 9.47 Å². The lowest BCUT2D eigenvalue weighted by Crippen LogP contribution is -2.02. The second kappa shape index (κ2) is 9.11. The van der Waals surface area contributed by atoms with Gasteiger partial charge in [0.25, 0.3) is 0 Å². The lowest BCUT2D eigenvalue weighted by molar-refractivity contribution is 0.103. The molecule has 4 aromatic carbocycles. The van der Waals surface area contributed by atoms with E-state index in [4.69, 9.17) is 9.47 Å². The molecule has 0 heterocycles. The van der Waals surface area contributed by atoms with Gasteiger partial charge in [-0.25, -0.2) is 0 Å². The van der Waals surface area contributed by atoms with Crippen LogP contribution in [0.15, 0.2) is 84.9 Å². The number of benzene rings is 4. The first-order valence-electron chi connectivity index (χ1n) is 10.6. The van der Waals surface area contributed by atoms with Crippen LogP contribution in [-0.2, 0) is 0 Å². The molecule has 0 saturated carbocycles. The molecule has 4 aromatic rings. The van der Waals surface area contributed by atoms with Crippen LogP contribution >= 0.6 is 0 Å². The summed E-state index contributed by atoms with van der Waals surface area (Å²) in [6, 6.07) is 26.4. The van der Waals surface area contributed by atoms with Crippen molar-refractivity contribution < 1.29 is 14.3 Å². The van der Waals surface area contributed by atoms with Crippen LogP contribution in [0.1, 0.15) is 38.2 Å². The van der Waals surface area contributed by atoms with Crippen molar-refractivity contribution in [1.82, 2.24) is 0 Å². The smallest absolute Gasteiger partial charge is 0.193 e. The summed E-state index contributed by atoms with van der Waals surface area (Å²) in [5, 5.41) is 0. The summed E-state index contributed by atoms with van der Waals surface area (Å²) in [6.07, 6.45) is 0. The van der Waals surface area contributed by atoms with Crippen molar-refractivity contribution in [3.05, 3.63) is 118 Å². The lowest BCUT2D eigenvalue weighted by atomic mass is 10.0. The van der Waals surface area contributed by atoms with Crippen LogP contribution in [0.4, 0.5) is 0 Å². The molecule has 4 rings (SSSR count). The fourth-order valence-corrected chi connectivity index (χ4v) is 3.40. The van der Waals surface area contributed by atoms with Gasteiger partial charge in [-0.15, -0.1) is 0 Å². The van der Waals surface area contributed by atoms with E-state index in [1.54, 1.807) is 24.3 Å². The summed E-state index contributed by atoms with van der Waals surface area (Å²) in [7, 11) is 0. The second-order valence-corrected chi connectivity index (χ2v) is 8.08. The highest BCUT2D eigenvalue weighted by Crippen LogP contribution is 2.27. The van der Waals surface area contributed by atoms with Crippen molar-refractivity contribution in [2.75, 3.05) is 0 Å². The van der Waals surface area contributed by atoms with Crippen molar-refractivity contribution in [1.29, 1.82) is 0 Å². The molecular weight excluding hydrogens is 396 g/mol. The number of aryl methyl sites for hydroxylation is 4. The van der Waals surface area contributed by atoms with E-state index >= 15 is 0 Å². The molecule has 0 spiro atoms. The maximum Gasteiger partial charge on any atom is 0.193 e. The van der Waals surface area contributed by atoms with E-state index < -0.39 is 0 Å². The summed E-state index contributed by atoms with van der Waals surface area (Å²) in [6.45, 7) is 8.23. The SMILES string of the molecule is Cc1ccc(Oc2cccc(C(=O)c3cccc(Oc4ccc(C)c(C)c4)c3)c2)cc1C. The fraction of sp³-hybridized carbons (Fsp3) is 0.138. The van der Waals surface area contributed by atoms with E-state index in [9.17, 15) is 4.79 Å². The van der Waals surface area contributed by atoms with Gasteiger partial charge in [-0.05, 0) is 98.5 Å². The van der Waals surface area contributed by atoms with E-state index in [1.165, 1.54) is 11.1 Å². The van der Waals surface area contributed by atoms with Crippen LogP contribution in [0, 0.1) is 27.7 Å². The van der Waals surface area contributed by atoms with Crippen LogP contribution in [-0.4, -0.2) is 5.78 Å². The topological polar surface area (TPSA) is 35.5 Å². The third-order valence-corrected chi connectivity index (χ3v) is 5.62. The maximum atomic E-state index is 13.1. The normalized spacial score (nSPS) is 10.6. The van der Waals surface area contributed by atoms with Gasteiger partial charge in [0.1, 0.15) is 23.0 Å². The maximum absolute atomic E-state index is 13.1. The van der Waals surface area contributed by atoms with Gasteiger partial charge in [0.05, 0.1) is 0 Å². The molecule has 0 aliphatic carbocycles. The van der Waals surface area contributed by atoms with Gasteiger partial charge >= 0.3 is 0 Å². The second-order valence-electron chi connectivity index (χ2n) is 8.08. The largest absolute Gasteiger partial charge is 0.457 e. The molecule has 0 atom stereocenters. The van der Waals surface area contributed by atoms with Crippen molar-refractivity contribution in [2.24, 2.45) is 0 Å². The molecule has 0 saturated heterocycles. The highest BCUT2D eigenvalue weighted by Gasteiger charge is 2.12. The van der Waals surface area contributed by atoms with Crippen molar-refractivity contribution in [2.45, 2.75) is 27.7 Å². The number of ketones is 1. The Morgan fingerprint density at radius 2 is 0.906 bits per heavy atom. The Balaban J connectivity index is 1.54. The van der Waals surface area contributed by atoms with Gasteiger partial charge in [0.2, 0.25) is 0 Å². The summed E-state index contributed by atoms with van der Waals surface area (Å²) < 4.78 is 12.0. The quantitative estimate of drug-likeness (QED) is 0.298. The van der Waals surface area contributed by atoms with E-state index in [0.29, 0.717) is 22.6 Å². The van der Waals surface area contributed by atoms with Crippen LogP contribution in [0.5, 0.6) is 23.0 Å². The Kier molecular flexibility index (Phi) is 6.09. The van der Waals surface area contributed by atoms with E-state index in [-0.39, 0.29) is 5.78 Å². The Morgan fingerprint density at radius 3 is 1.31 bits per heavy atom. The van der Waals surface area contributed by atoms with Crippen molar-refractivity contribution >= 4 is 5.78 Å². The summed E-state index contributed by atoms with van der Waals surface area (Å²) in [5.41, 5.74) is 5.88. The molecule has 0 radical (unpaired) electrons. The zero-order valence-corrected chi connectivity index (χ0v) is 18.8. The highest BCUT2D eigenvalue weighted by atomic mass is 16.5. The highest BCUT2D eigenvalue weighted by molar-refractivity contribution is 6.09. The molecule has 0 unspecified atom stereocenters. The average molecular weight is 423 g/mol. The standard InChI is InChI=1S/C29H26O3/c1-19-11-13-27(15-21(19)3)31-25-9-5-7-23(17-25)29(30)24-8-6-10-26(18-24)32-28-14-12-20(2)22(4)16-28/h5-18H,1-4H3. The minimum absolute atomic E-state index is 0.0823. The van der Waals surface area contributed by atoms with E-state index in [2.05, 4.69) is 27.7 Å². The van der Waals surface area contributed by atoms with E-state index in [1.807, 2.05) is 60.7 Å². The zero-order chi connectivity index (χ0) is 22.7. The first-order chi connectivity index (χ1) is 15.4. The Hall–Kier alpha value is -3.85. The predicted molar refractivity (Wildman–Crippen MR) is 128 cm³/mol. The van der Waals surface area contributed by atoms with Gasteiger partial charge in [0, 0.05) is 11.1 Å². The van der Waals surface area contributed by atoms with E-state index in [0.717, 1.165) is 22.6 Å². The molecular formula is C29H26O3. The minimum atomic E-state index is -0.0823. The zero-order valence-electron chi connectivity index (χ0n) is 18.8. The third kappa shape index (κ3) is 4.89. The number of carbonyl (C=O) groups is 1. The molecule has 0 fully saturated rings. The number of ether oxygens (including phenoxy) is 2. The minimum Gasteiger partial charge on any atom is -0.457 e. The van der Waals surface area contributed by atoms with Crippen LogP contribution < -0.4 is 9.47 Å². The average Bonchev–Trinajstić information content (AvgIpc) is 2.79. The molecule has 0 aromatic heterocycles. The molecule has 3 nitrogen and oxygen atoms in total. The van der Waals surface area contributed by atoms with Crippen molar-refractivity contribution in [3.63, 3.8) is 0 Å². The lowest BCUT2D eigenvalue weighted by Gasteiger charge is -2.11. The monoisotopic (exact) mass is 422 g/mol. The first kappa shape index (κ1) is 21.4. The molecule has 0 N–H and O–H groups in total. The van der Waals surface area contributed by atoms with Gasteiger partial charge in [-0.1, -0.05) is 36.4 Å². The van der Waals surface area contributed by atoms with Crippen LogP contribution in [0.3, 0.4) is 0 Å². The van der Waals surface area contributed by atoms with Gasteiger partial charge in [-0.3, -0.25) is 4.79 Å².